The van der Waals surface area contributed by atoms with Crippen molar-refractivity contribution in [3.05, 3.63) is 84.0 Å². The standard InChI is InChI=1S/C24H20ClN3OS2/c25-22-15-20(28-12-13-29-16-30-28)8-9-23(22)31-27-19-6-3-5-18(14-19)24-21-7-2-1-4-17(21)10-11-26-24/h1-11,14-15,27H,12-13,16H2. The van der Waals surface area contributed by atoms with Gasteiger partial charge in [-0.3, -0.25) is 4.98 Å². The Morgan fingerprint density at radius 2 is 1.97 bits per heavy atom. The van der Waals surface area contributed by atoms with Crippen molar-refractivity contribution < 1.29 is 4.74 Å². The molecular weight excluding hydrogens is 446 g/mol. The van der Waals surface area contributed by atoms with E-state index in [1.165, 1.54) is 17.3 Å². The summed E-state index contributed by atoms with van der Waals surface area (Å²) in [5, 5.41) is 3.06. The van der Waals surface area contributed by atoms with Gasteiger partial charge in [0.2, 0.25) is 0 Å². The van der Waals surface area contributed by atoms with E-state index >= 15 is 0 Å². The monoisotopic (exact) mass is 465 g/mol. The summed E-state index contributed by atoms with van der Waals surface area (Å²) in [7, 11) is 0. The van der Waals surface area contributed by atoms with Gasteiger partial charge in [0.15, 0.2) is 0 Å². The van der Waals surface area contributed by atoms with E-state index < -0.39 is 0 Å². The number of nitrogens with zero attached hydrogens (tertiary/aromatic N) is 2. The van der Waals surface area contributed by atoms with Crippen LogP contribution >= 0.6 is 35.5 Å². The molecule has 0 unspecified atom stereocenters. The van der Waals surface area contributed by atoms with Gasteiger partial charge < -0.3 is 13.8 Å². The van der Waals surface area contributed by atoms with E-state index in [2.05, 4.69) is 50.4 Å². The first-order valence-electron chi connectivity index (χ1n) is 9.93. The van der Waals surface area contributed by atoms with Crippen LogP contribution in [-0.2, 0) is 4.74 Å². The lowest BCUT2D eigenvalue weighted by atomic mass is 10.0. The lowest BCUT2D eigenvalue weighted by Crippen LogP contribution is -2.26. The molecule has 0 bridgehead atoms. The molecule has 3 aromatic carbocycles. The van der Waals surface area contributed by atoms with Gasteiger partial charge in [-0.25, -0.2) is 0 Å². The third-order valence-electron chi connectivity index (χ3n) is 5.02. The maximum atomic E-state index is 6.57. The largest absolute Gasteiger partial charge is 0.367 e. The Balaban J connectivity index is 1.33. The number of fused-ring (bicyclic) bond motifs is 1. The molecule has 1 aliphatic rings. The highest BCUT2D eigenvalue weighted by atomic mass is 35.5. The molecule has 5 rings (SSSR count). The maximum absolute atomic E-state index is 6.57. The smallest absolute Gasteiger partial charge is 0.112 e. The van der Waals surface area contributed by atoms with Gasteiger partial charge in [-0.1, -0.05) is 48.0 Å². The van der Waals surface area contributed by atoms with E-state index in [1.807, 2.05) is 42.6 Å². The second kappa shape index (κ2) is 9.40. The summed E-state index contributed by atoms with van der Waals surface area (Å²) in [6.45, 7) is 1.60. The normalized spacial score (nSPS) is 14.0. The third-order valence-corrected chi connectivity index (χ3v) is 7.34. The molecule has 4 aromatic rings. The van der Waals surface area contributed by atoms with Gasteiger partial charge >= 0.3 is 0 Å². The molecule has 2 heterocycles. The highest BCUT2D eigenvalue weighted by molar-refractivity contribution is 8.00. The minimum Gasteiger partial charge on any atom is -0.367 e. The van der Waals surface area contributed by atoms with Crippen LogP contribution in [0.25, 0.3) is 22.0 Å². The van der Waals surface area contributed by atoms with Crippen LogP contribution in [0.4, 0.5) is 11.4 Å². The summed E-state index contributed by atoms with van der Waals surface area (Å²) in [6.07, 6.45) is 1.86. The summed E-state index contributed by atoms with van der Waals surface area (Å²) in [5.41, 5.74) is 4.16. The molecule has 0 saturated carbocycles. The number of ether oxygens (including phenoxy) is 1. The lowest BCUT2D eigenvalue weighted by Gasteiger charge is -2.27. The molecule has 1 N–H and O–H groups in total. The number of rotatable bonds is 5. The Morgan fingerprint density at radius 1 is 1.03 bits per heavy atom. The fourth-order valence-corrected chi connectivity index (χ4v) is 5.22. The second-order valence-electron chi connectivity index (χ2n) is 7.04. The molecule has 0 aliphatic carbocycles. The van der Waals surface area contributed by atoms with Gasteiger partial charge in [-0.2, -0.15) is 0 Å². The Bertz CT molecular complexity index is 1210. The van der Waals surface area contributed by atoms with E-state index in [1.54, 1.807) is 11.9 Å². The topological polar surface area (TPSA) is 37.4 Å². The van der Waals surface area contributed by atoms with Crippen molar-refractivity contribution in [2.45, 2.75) is 4.90 Å². The first-order valence-corrected chi connectivity index (χ1v) is 12.1. The van der Waals surface area contributed by atoms with Crippen molar-refractivity contribution in [3.63, 3.8) is 0 Å². The molecule has 31 heavy (non-hydrogen) atoms. The fraction of sp³-hybridized carbons (Fsp3) is 0.125. The van der Waals surface area contributed by atoms with Crippen molar-refractivity contribution in [3.8, 4) is 11.3 Å². The van der Waals surface area contributed by atoms with Gasteiger partial charge in [0.1, 0.15) is 5.94 Å². The van der Waals surface area contributed by atoms with E-state index in [-0.39, 0.29) is 0 Å². The van der Waals surface area contributed by atoms with Gasteiger partial charge in [0, 0.05) is 33.4 Å². The number of anilines is 2. The minimum absolute atomic E-state index is 0.678. The molecule has 1 aromatic heterocycles. The fourth-order valence-electron chi connectivity index (χ4n) is 3.50. The first-order chi connectivity index (χ1) is 15.3. The molecule has 1 fully saturated rings. The lowest BCUT2D eigenvalue weighted by molar-refractivity contribution is 0.184. The van der Waals surface area contributed by atoms with Crippen LogP contribution in [0.3, 0.4) is 0 Å². The van der Waals surface area contributed by atoms with Gasteiger partial charge in [0.05, 0.1) is 23.9 Å². The Labute approximate surface area is 195 Å². The molecule has 4 nitrogen and oxygen atoms in total. The van der Waals surface area contributed by atoms with Crippen LogP contribution in [0, 0.1) is 0 Å². The van der Waals surface area contributed by atoms with Crippen LogP contribution in [0.15, 0.2) is 83.9 Å². The number of pyridine rings is 1. The first kappa shape index (κ1) is 20.5. The second-order valence-corrected chi connectivity index (χ2v) is 9.23. The van der Waals surface area contributed by atoms with Crippen molar-refractivity contribution in [1.29, 1.82) is 0 Å². The van der Waals surface area contributed by atoms with Crippen LogP contribution in [0.1, 0.15) is 0 Å². The highest BCUT2D eigenvalue weighted by Gasteiger charge is 2.14. The number of hydrogen-bond acceptors (Lipinski definition) is 6. The molecule has 1 saturated heterocycles. The number of nitrogens with one attached hydrogen (secondary N) is 1. The van der Waals surface area contributed by atoms with E-state index in [0.717, 1.165) is 51.1 Å². The maximum Gasteiger partial charge on any atom is 0.112 e. The van der Waals surface area contributed by atoms with Crippen molar-refractivity contribution in [2.24, 2.45) is 0 Å². The van der Waals surface area contributed by atoms with E-state index in [9.17, 15) is 0 Å². The summed E-state index contributed by atoms with van der Waals surface area (Å²) >= 11 is 9.75. The third kappa shape index (κ3) is 4.62. The Hall–Kier alpha value is -2.38. The number of halogens is 1. The summed E-state index contributed by atoms with van der Waals surface area (Å²) in [6, 6.07) is 24.8. The number of benzene rings is 3. The van der Waals surface area contributed by atoms with Crippen LogP contribution in [-0.4, -0.2) is 24.1 Å². The van der Waals surface area contributed by atoms with Crippen molar-refractivity contribution in [1.82, 2.24) is 4.98 Å². The van der Waals surface area contributed by atoms with Gasteiger partial charge in [-0.15, -0.1) is 0 Å². The SMILES string of the molecule is Clc1cc(N2CCOCS2)ccc1SNc1cccc(-c2nccc3ccccc23)c1. The van der Waals surface area contributed by atoms with Crippen LogP contribution in [0.2, 0.25) is 5.02 Å². The molecule has 0 amide bonds. The van der Waals surface area contributed by atoms with Crippen molar-refractivity contribution in [2.75, 3.05) is 28.1 Å². The predicted octanol–water partition coefficient (Wildman–Crippen LogP) is 7.12. The molecule has 156 valence electrons. The molecule has 7 heteroatoms. The van der Waals surface area contributed by atoms with Gasteiger partial charge in [0.25, 0.3) is 0 Å². The molecule has 0 atom stereocenters. The molecule has 0 spiro atoms. The van der Waals surface area contributed by atoms with Crippen molar-refractivity contribution >= 4 is 57.6 Å². The van der Waals surface area contributed by atoms with Crippen LogP contribution < -0.4 is 9.03 Å². The zero-order chi connectivity index (χ0) is 21.0. The zero-order valence-electron chi connectivity index (χ0n) is 16.6. The highest BCUT2D eigenvalue weighted by Crippen LogP contribution is 2.35. The molecule has 1 aliphatic heterocycles. The average molecular weight is 466 g/mol. The number of aromatic nitrogens is 1. The molecule has 0 radical (unpaired) electrons. The average Bonchev–Trinajstić information content (AvgIpc) is 2.83. The van der Waals surface area contributed by atoms with E-state index in [4.69, 9.17) is 16.3 Å². The predicted molar refractivity (Wildman–Crippen MR) is 134 cm³/mol. The van der Waals surface area contributed by atoms with E-state index in [0.29, 0.717) is 5.94 Å². The Kier molecular flexibility index (Phi) is 6.22. The minimum atomic E-state index is 0.678. The Morgan fingerprint density at radius 3 is 2.84 bits per heavy atom. The molecular formula is C24H20ClN3OS2. The zero-order valence-corrected chi connectivity index (χ0v) is 19.0. The summed E-state index contributed by atoms with van der Waals surface area (Å²) in [5.74, 6) is 0.678. The quantitative estimate of drug-likeness (QED) is 0.316. The number of hydrogen-bond donors (Lipinski definition) is 1. The summed E-state index contributed by atoms with van der Waals surface area (Å²) < 4.78 is 11.0. The van der Waals surface area contributed by atoms with Gasteiger partial charge in [-0.05, 0) is 65.7 Å². The summed E-state index contributed by atoms with van der Waals surface area (Å²) in [4.78, 5) is 5.62. The van der Waals surface area contributed by atoms with Crippen LogP contribution in [0.5, 0.6) is 0 Å².